The van der Waals surface area contributed by atoms with Crippen LogP contribution in [0.1, 0.15) is 85.0 Å². The lowest BCUT2D eigenvalue weighted by Gasteiger charge is -2.36. The van der Waals surface area contributed by atoms with Crippen molar-refractivity contribution in [1.82, 2.24) is 35.1 Å². The van der Waals surface area contributed by atoms with Gasteiger partial charge in [0.05, 0.1) is 30.6 Å². The molecule has 2 aromatic heterocycles. The molecule has 63 heavy (non-hydrogen) atoms. The number of aromatic nitrogens is 2. The van der Waals surface area contributed by atoms with E-state index in [9.17, 15) is 32.7 Å². The number of fused-ring (bicyclic) bond motifs is 3. The van der Waals surface area contributed by atoms with Gasteiger partial charge in [0.1, 0.15) is 40.9 Å². The van der Waals surface area contributed by atoms with Gasteiger partial charge in [0, 0.05) is 60.9 Å². The zero-order chi connectivity index (χ0) is 45.1. The highest BCUT2D eigenvalue weighted by Gasteiger charge is 2.61. The number of hydrogen-bond acceptors (Lipinski definition) is 12. The number of aliphatic carboxylic acids is 1. The number of nitrogens with one attached hydrogen (secondary N) is 4. The summed E-state index contributed by atoms with van der Waals surface area (Å²) in [5, 5.41) is 25.7. The summed E-state index contributed by atoms with van der Waals surface area (Å²) in [4.78, 5) is 66.9. The van der Waals surface area contributed by atoms with Gasteiger partial charge in [0.2, 0.25) is 21.8 Å². The fourth-order valence-corrected chi connectivity index (χ4v) is 10.4. The summed E-state index contributed by atoms with van der Waals surface area (Å²) in [7, 11) is -0.433. The maximum Gasteiger partial charge on any atom is 0.330 e. The number of carbonyl (C=O) groups is 4. The Hall–Kier alpha value is -5.01. The fraction of sp³-hybridized carbons (Fsp3) is 0.591. The molecular formula is C44H60N8O9S2. The molecule has 19 heteroatoms. The number of benzene rings is 1. The molecule has 4 aliphatic rings. The minimum atomic E-state index is -3.51. The molecule has 17 nitrogen and oxygen atoms in total. The quantitative estimate of drug-likeness (QED) is 0.133. The summed E-state index contributed by atoms with van der Waals surface area (Å²) in [5.41, 5.74) is 0.259. The maximum atomic E-state index is 14.9. The van der Waals surface area contributed by atoms with Gasteiger partial charge in [-0.3, -0.25) is 9.59 Å². The predicted octanol–water partition coefficient (Wildman–Crippen LogP) is 5.13. The summed E-state index contributed by atoms with van der Waals surface area (Å²) >= 11 is 1.45. The van der Waals surface area contributed by atoms with Crippen LogP contribution >= 0.6 is 11.3 Å². The van der Waals surface area contributed by atoms with Crippen LogP contribution in [0.5, 0.6) is 11.5 Å². The van der Waals surface area contributed by atoms with E-state index < -0.39 is 69.5 Å². The molecule has 1 aromatic carbocycles. The predicted molar refractivity (Wildman–Crippen MR) is 240 cm³/mol. The van der Waals surface area contributed by atoms with E-state index >= 15 is 0 Å². The van der Waals surface area contributed by atoms with Crippen LogP contribution < -0.4 is 30.7 Å². The average molecular weight is 909 g/mol. The number of pyridine rings is 1. The number of ether oxygens (including phenoxy) is 2. The van der Waals surface area contributed by atoms with Gasteiger partial charge in [-0.1, -0.05) is 31.4 Å². The molecule has 0 radical (unpaired) electrons. The third-order valence-corrected chi connectivity index (χ3v) is 15.3. The highest BCUT2D eigenvalue weighted by atomic mass is 32.2. The Morgan fingerprint density at radius 2 is 1.89 bits per heavy atom. The molecule has 1 saturated heterocycles. The first-order chi connectivity index (χ1) is 30.1. The molecule has 6 atom stereocenters. The molecule has 342 valence electrons. The van der Waals surface area contributed by atoms with Crippen LogP contribution in [0.15, 0.2) is 41.8 Å². The molecule has 3 fully saturated rings. The zero-order valence-electron chi connectivity index (χ0n) is 36.6. The molecule has 2 aliphatic heterocycles. The van der Waals surface area contributed by atoms with Crippen molar-refractivity contribution < 1.29 is 42.2 Å². The Kier molecular flexibility index (Phi) is 14.2. The normalized spacial score (nSPS) is 25.5. The van der Waals surface area contributed by atoms with E-state index in [4.69, 9.17) is 19.4 Å². The fourth-order valence-electron chi connectivity index (χ4n) is 8.70. The Morgan fingerprint density at radius 1 is 1.10 bits per heavy atom. The zero-order valence-corrected chi connectivity index (χ0v) is 38.2. The Morgan fingerprint density at radius 3 is 2.59 bits per heavy atom. The standard InChI is InChI=1S/C44H60N8O9S2/c1-6-63(58,59)51(4)24-35(27-13-12-14-27)48-42(57)47-32-16-11-9-7-8-10-15-28-22-44(28,41(55)56)50-39(53)37-20-30(23-52(37)40(32)54)61-38-21-34(36-25-62-43(49-36)45-26(2)3)46-33-19-29(60-5)17-18-31(33)38/h10,15,17-19,21,25-28,30,32,35,37H,6-9,11-14,16,20,22-24H2,1-5H3,(H,45,49)(H,50,53)(H,55,56)(H2,47,48,57)/b15-10-/t28?,30-,32+,35-,37?,44-/m1/s1. The monoisotopic (exact) mass is 908 g/mol. The van der Waals surface area contributed by atoms with Crippen LogP contribution in [0.3, 0.4) is 0 Å². The van der Waals surface area contributed by atoms with Crippen LogP contribution in [0.4, 0.5) is 9.93 Å². The Labute approximate surface area is 372 Å². The summed E-state index contributed by atoms with van der Waals surface area (Å²) in [6.07, 6.45) is 9.15. The lowest BCUT2D eigenvalue weighted by molar-refractivity contribution is -0.145. The van der Waals surface area contributed by atoms with Gasteiger partial charge in [-0.25, -0.2) is 32.3 Å². The first kappa shape index (κ1) is 46.0. The van der Waals surface area contributed by atoms with Crippen LogP contribution in [0, 0.1) is 11.8 Å². The minimum Gasteiger partial charge on any atom is -0.497 e. The Balaban J connectivity index is 1.19. The van der Waals surface area contributed by atoms with E-state index in [1.165, 1.54) is 27.6 Å². The molecule has 7 rings (SSSR count). The molecule has 2 unspecified atom stereocenters. The highest BCUT2D eigenvalue weighted by molar-refractivity contribution is 7.89. The molecule has 2 saturated carbocycles. The molecule has 4 amide bonds. The molecule has 5 N–H and O–H groups in total. The molecule has 0 spiro atoms. The lowest BCUT2D eigenvalue weighted by Crippen LogP contribution is -2.59. The Bertz CT molecular complexity index is 2320. The van der Waals surface area contributed by atoms with Gasteiger partial charge in [-0.15, -0.1) is 11.3 Å². The number of methoxy groups -OCH3 is 1. The van der Waals surface area contributed by atoms with Crippen LogP contribution in [-0.2, 0) is 24.4 Å². The lowest BCUT2D eigenvalue weighted by atomic mass is 9.79. The number of urea groups is 1. The first-order valence-electron chi connectivity index (χ1n) is 22.0. The molecular weight excluding hydrogens is 849 g/mol. The second-order valence-corrected chi connectivity index (χ2v) is 20.7. The molecule has 3 aromatic rings. The summed E-state index contributed by atoms with van der Waals surface area (Å²) < 4.78 is 38.9. The SMILES string of the molecule is CCS(=O)(=O)N(C)C[C@@H](NC(=O)N[C@H]1CCCCC/C=C\C2C[C@@]2(C(=O)O)NC(=O)C2C[C@@H](Oc3cc(-c4csc(NC(C)C)n4)nc4cc(OC)ccc34)CN2C1=O)C1CCC1. The van der Waals surface area contributed by atoms with Crippen molar-refractivity contribution in [3.8, 4) is 22.9 Å². The van der Waals surface area contributed by atoms with E-state index in [-0.39, 0.29) is 50.1 Å². The van der Waals surface area contributed by atoms with E-state index in [0.717, 1.165) is 37.2 Å². The van der Waals surface area contributed by atoms with Gasteiger partial charge in [0.15, 0.2) is 5.13 Å². The smallest absolute Gasteiger partial charge is 0.330 e. The van der Waals surface area contributed by atoms with Gasteiger partial charge in [-0.2, -0.15) is 0 Å². The van der Waals surface area contributed by atoms with Gasteiger partial charge >= 0.3 is 12.0 Å². The highest BCUT2D eigenvalue weighted by Crippen LogP contribution is 2.46. The van der Waals surface area contributed by atoms with Crippen molar-refractivity contribution >= 4 is 61.2 Å². The number of nitrogens with zero attached hydrogens (tertiary/aromatic N) is 4. The van der Waals surface area contributed by atoms with Crippen molar-refractivity contribution in [3.05, 3.63) is 41.8 Å². The number of rotatable bonds is 14. The maximum absolute atomic E-state index is 14.9. The second kappa shape index (κ2) is 19.4. The van der Waals surface area contributed by atoms with Gasteiger partial charge in [-0.05, 0) is 77.3 Å². The molecule has 4 heterocycles. The van der Waals surface area contributed by atoms with Crippen molar-refractivity contribution in [2.24, 2.45) is 11.8 Å². The van der Waals surface area contributed by atoms with Crippen molar-refractivity contribution in [2.75, 3.05) is 38.3 Å². The minimum absolute atomic E-state index is 0.0288. The largest absolute Gasteiger partial charge is 0.497 e. The number of anilines is 1. The summed E-state index contributed by atoms with van der Waals surface area (Å²) in [6.45, 7) is 5.69. The average Bonchev–Trinajstić information content (AvgIpc) is 3.48. The topological polar surface area (TPSA) is 221 Å². The second-order valence-electron chi connectivity index (χ2n) is 17.5. The van der Waals surface area contributed by atoms with E-state index in [2.05, 4.69) is 21.3 Å². The van der Waals surface area contributed by atoms with Crippen LogP contribution in [0.2, 0.25) is 0 Å². The first-order valence-corrected chi connectivity index (χ1v) is 24.5. The number of sulfonamides is 1. The van der Waals surface area contributed by atoms with Crippen molar-refractivity contribution in [3.63, 3.8) is 0 Å². The third-order valence-electron chi connectivity index (χ3n) is 12.7. The van der Waals surface area contributed by atoms with Gasteiger partial charge < -0.3 is 40.7 Å². The number of carboxylic acids is 1. The number of likely N-dealkylation sites (N-methyl/N-ethyl adjacent to an activating group) is 1. The number of hydrogen-bond donors (Lipinski definition) is 5. The van der Waals surface area contributed by atoms with Gasteiger partial charge in [0.25, 0.3) is 0 Å². The number of thiazole rings is 1. The number of amides is 4. The van der Waals surface area contributed by atoms with E-state index in [1.54, 1.807) is 32.2 Å². The van der Waals surface area contributed by atoms with E-state index in [1.807, 2.05) is 37.4 Å². The molecule has 2 aliphatic carbocycles. The third kappa shape index (κ3) is 10.5. The number of carboxylic acid groups (broad SMARTS) is 1. The van der Waals surface area contributed by atoms with Crippen molar-refractivity contribution in [1.29, 1.82) is 0 Å². The van der Waals surface area contributed by atoms with Crippen LogP contribution in [-0.4, -0.2) is 125 Å². The number of allylic oxidation sites excluding steroid dienone is 1. The number of carbonyl (C=O) groups excluding carboxylic acids is 3. The summed E-state index contributed by atoms with van der Waals surface area (Å²) in [5.74, 6) is -1.60. The van der Waals surface area contributed by atoms with Crippen LogP contribution in [0.25, 0.3) is 22.3 Å². The van der Waals surface area contributed by atoms with Crippen molar-refractivity contribution in [2.45, 2.75) is 121 Å². The molecule has 0 bridgehead atoms. The summed E-state index contributed by atoms with van der Waals surface area (Å²) in [6, 6.07) is 4.15. The van der Waals surface area contributed by atoms with E-state index in [0.29, 0.717) is 46.6 Å².